The molecule has 0 atom stereocenters. The summed E-state index contributed by atoms with van der Waals surface area (Å²) in [5, 5.41) is 8.14. The molecule has 0 aliphatic carbocycles. The third kappa shape index (κ3) is 3.32. The van der Waals surface area contributed by atoms with Crippen molar-refractivity contribution in [3.8, 4) is 0 Å². The monoisotopic (exact) mass is 301 g/mol. The average molecular weight is 301 g/mol. The van der Waals surface area contributed by atoms with Crippen molar-refractivity contribution < 1.29 is 13.9 Å². The summed E-state index contributed by atoms with van der Waals surface area (Å²) >= 11 is 1.51. The van der Waals surface area contributed by atoms with Crippen molar-refractivity contribution in [2.75, 3.05) is 0 Å². The van der Waals surface area contributed by atoms with E-state index in [4.69, 9.17) is 9.15 Å². The highest BCUT2D eigenvalue weighted by Crippen LogP contribution is 2.22. The Balaban J connectivity index is 1.61. The number of nitrogens with zero attached hydrogens (tertiary/aromatic N) is 3. The maximum atomic E-state index is 11.6. The second-order valence-electron chi connectivity index (χ2n) is 4.18. The lowest BCUT2D eigenvalue weighted by atomic mass is 10.3. The van der Waals surface area contributed by atoms with E-state index in [0.717, 1.165) is 15.2 Å². The second kappa shape index (κ2) is 5.84. The first-order valence-electron chi connectivity index (χ1n) is 6.20. The Hall–Kier alpha value is -2.54. The van der Waals surface area contributed by atoms with Crippen LogP contribution in [0.25, 0.3) is 16.3 Å². The smallest absolute Gasteiger partial charge is 0.331 e. The molecule has 0 spiro atoms. The predicted octanol–water partition coefficient (Wildman–Crippen LogP) is 2.74. The lowest BCUT2D eigenvalue weighted by Gasteiger charge is -1.95. The maximum absolute atomic E-state index is 11.6. The molecule has 3 rings (SSSR count). The van der Waals surface area contributed by atoms with E-state index in [1.165, 1.54) is 17.4 Å². The van der Waals surface area contributed by atoms with Crippen LogP contribution in [0.2, 0.25) is 0 Å². The highest BCUT2D eigenvalue weighted by molar-refractivity contribution is 7.19. The number of ether oxygens (including phenoxy) is 1. The van der Waals surface area contributed by atoms with Crippen LogP contribution in [0, 0.1) is 6.92 Å². The minimum absolute atomic E-state index is 0.0378. The fourth-order valence-electron chi connectivity index (χ4n) is 1.68. The maximum Gasteiger partial charge on any atom is 0.331 e. The normalized spacial score (nSPS) is 11.3. The number of aromatic nitrogens is 3. The third-order valence-corrected chi connectivity index (χ3v) is 3.58. The van der Waals surface area contributed by atoms with Crippen LogP contribution in [0.3, 0.4) is 0 Å². The van der Waals surface area contributed by atoms with Crippen LogP contribution in [0.15, 0.2) is 34.8 Å². The number of para-hydroxylation sites is 1. The van der Waals surface area contributed by atoms with Gasteiger partial charge in [-0.3, -0.25) is 0 Å². The molecule has 0 fully saturated rings. The number of carbonyl (C=O) groups excluding carboxylic acids is 1. The first-order chi connectivity index (χ1) is 10.2. The van der Waals surface area contributed by atoms with Gasteiger partial charge in [-0.15, -0.1) is 21.5 Å². The van der Waals surface area contributed by atoms with Gasteiger partial charge in [0.2, 0.25) is 5.89 Å². The van der Waals surface area contributed by atoms with Gasteiger partial charge in [-0.2, -0.15) is 0 Å². The van der Waals surface area contributed by atoms with E-state index in [-0.39, 0.29) is 12.5 Å². The number of esters is 1. The molecule has 2 aromatic heterocycles. The highest BCUT2D eigenvalue weighted by atomic mass is 32.1. The van der Waals surface area contributed by atoms with Crippen molar-refractivity contribution >= 4 is 33.6 Å². The van der Waals surface area contributed by atoms with Crippen LogP contribution >= 0.6 is 11.3 Å². The SMILES string of the molecule is Cc1nnc(COC(=O)/C=C/c2nc3ccccc3s2)o1. The van der Waals surface area contributed by atoms with Crippen LogP contribution in [-0.4, -0.2) is 21.2 Å². The first-order valence-corrected chi connectivity index (χ1v) is 7.02. The van der Waals surface area contributed by atoms with Gasteiger partial charge in [0.05, 0.1) is 10.2 Å². The lowest BCUT2D eigenvalue weighted by Crippen LogP contribution is -2.00. The van der Waals surface area contributed by atoms with E-state index < -0.39 is 5.97 Å². The van der Waals surface area contributed by atoms with Crippen LogP contribution in [0.5, 0.6) is 0 Å². The number of carbonyl (C=O) groups is 1. The van der Waals surface area contributed by atoms with E-state index in [0.29, 0.717) is 5.89 Å². The molecule has 0 unspecified atom stereocenters. The molecule has 3 aromatic rings. The Morgan fingerprint density at radius 2 is 2.24 bits per heavy atom. The van der Waals surface area contributed by atoms with Crippen molar-refractivity contribution in [2.24, 2.45) is 0 Å². The standard InChI is InChI=1S/C14H11N3O3S/c1-9-16-17-12(20-9)8-19-14(18)7-6-13-15-10-4-2-3-5-11(10)21-13/h2-7H,8H2,1H3/b7-6+. The summed E-state index contributed by atoms with van der Waals surface area (Å²) < 4.78 is 11.2. The summed E-state index contributed by atoms with van der Waals surface area (Å²) in [6, 6.07) is 7.80. The molecule has 0 aliphatic heterocycles. The molecule has 0 amide bonds. The predicted molar refractivity (Wildman–Crippen MR) is 77.5 cm³/mol. The van der Waals surface area contributed by atoms with Crippen molar-refractivity contribution in [1.29, 1.82) is 0 Å². The number of benzene rings is 1. The summed E-state index contributed by atoms with van der Waals surface area (Å²) in [6.45, 7) is 1.63. The molecule has 0 saturated heterocycles. The number of hydrogen-bond acceptors (Lipinski definition) is 7. The van der Waals surface area contributed by atoms with Crippen molar-refractivity contribution in [2.45, 2.75) is 13.5 Å². The molecule has 2 heterocycles. The van der Waals surface area contributed by atoms with E-state index in [9.17, 15) is 4.79 Å². The fourth-order valence-corrected chi connectivity index (χ4v) is 2.55. The van der Waals surface area contributed by atoms with E-state index >= 15 is 0 Å². The second-order valence-corrected chi connectivity index (χ2v) is 5.24. The van der Waals surface area contributed by atoms with Gasteiger partial charge in [0.25, 0.3) is 5.89 Å². The molecule has 0 saturated carbocycles. The largest absolute Gasteiger partial charge is 0.452 e. The molecular weight excluding hydrogens is 290 g/mol. The zero-order valence-corrected chi connectivity index (χ0v) is 12.0. The summed E-state index contributed by atoms with van der Waals surface area (Å²) in [5.41, 5.74) is 0.914. The van der Waals surface area contributed by atoms with E-state index in [1.54, 1.807) is 13.0 Å². The van der Waals surface area contributed by atoms with E-state index in [2.05, 4.69) is 15.2 Å². The molecule has 106 valence electrons. The van der Waals surface area contributed by atoms with Crippen LogP contribution in [-0.2, 0) is 16.1 Å². The minimum Gasteiger partial charge on any atom is -0.452 e. The van der Waals surface area contributed by atoms with Gasteiger partial charge < -0.3 is 9.15 Å². The van der Waals surface area contributed by atoms with Crippen molar-refractivity contribution in [3.63, 3.8) is 0 Å². The third-order valence-electron chi connectivity index (χ3n) is 2.58. The van der Waals surface area contributed by atoms with Gasteiger partial charge in [-0.25, -0.2) is 9.78 Å². The van der Waals surface area contributed by atoms with Crippen LogP contribution in [0.4, 0.5) is 0 Å². The van der Waals surface area contributed by atoms with Crippen LogP contribution < -0.4 is 0 Å². The first kappa shape index (κ1) is 13.4. The Morgan fingerprint density at radius 3 is 3.00 bits per heavy atom. The Kier molecular flexibility index (Phi) is 3.74. The number of hydrogen-bond donors (Lipinski definition) is 0. The summed E-state index contributed by atoms with van der Waals surface area (Å²) in [6.07, 6.45) is 2.97. The Morgan fingerprint density at radius 1 is 1.38 bits per heavy atom. The van der Waals surface area contributed by atoms with Crippen molar-refractivity contribution in [3.05, 3.63) is 47.1 Å². The van der Waals surface area contributed by atoms with Gasteiger partial charge in [0.1, 0.15) is 5.01 Å². The zero-order valence-electron chi connectivity index (χ0n) is 11.1. The summed E-state index contributed by atoms with van der Waals surface area (Å²) in [7, 11) is 0. The number of thiazole rings is 1. The summed E-state index contributed by atoms with van der Waals surface area (Å²) in [4.78, 5) is 16.0. The number of rotatable bonds is 4. The Labute approximate surface area is 124 Å². The molecule has 0 aliphatic rings. The lowest BCUT2D eigenvalue weighted by molar-refractivity contribution is -0.139. The number of aryl methyl sites for hydroxylation is 1. The van der Waals surface area contributed by atoms with Gasteiger partial charge in [0.15, 0.2) is 6.61 Å². The molecule has 0 N–H and O–H groups in total. The zero-order chi connectivity index (χ0) is 14.7. The Bertz CT molecular complexity index is 774. The van der Waals surface area contributed by atoms with Gasteiger partial charge >= 0.3 is 5.97 Å². The molecule has 1 aromatic carbocycles. The molecule has 6 nitrogen and oxygen atoms in total. The molecule has 0 bridgehead atoms. The molecule has 21 heavy (non-hydrogen) atoms. The average Bonchev–Trinajstić information content (AvgIpc) is 3.08. The van der Waals surface area contributed by atoms with E-state index in [1.807, 2.05) is 24.3 Å². The van der Waals surface area contributed by atoms with Gasteiger partial charge in [-0.05, 0) is 18.2 Å². The molecular formula is C14H11N3O3S. The van der Waals surface area contributed by atoms with Gasteiger partial charge in [-0.1, -0.05) is 12.1 Å². The number of fused-ring (bicyclic) bond motifs is 1. The van der Waals surface area contributed by atoms with Crippen LogP contribution in [0.1, 0.15) is 16.8 Å². The van der Waals surface area contributed by atoms with Crippen molar-refractivity contribution in [1.82, 2.24) is 15.2 Å². The quantitative estimate of drug-likeness (QED) is 0.544. The highest BCUT2D eigenvalue weighted by Gasteiger charge is 2.05. The molecule has 7 heteroatoms. The topological polar surface area (TPSA) is 78.1 Å². The fraction of sp³-hybridized carbons (Fsp3) is 0.143. The minimum atomic E-state index is -0.481. The summed E-state index contributed by atoms with van der Waals surface area (Å²) in [5.74, 6) is 0.227. The molecule has 0 radical (unpaired) electrons. The van der Waals surface area contributed by atoms with Gasteiger partial charge in [0, 0.05) is 13.0 Å².